The third kappa shape index (κ3) is 3.56. The number of rotatable bonds is 6. The molecule has 0 atom stereocenters. The Bertz CT molecular complexity index is 519. The van der Waals surface area contributed by atoms with Gasteiger partial charge in [-0.05, 0) is 49.4 Å². The molecule has 122 valence electrons. The Morgan fingerprint density at radius 3 is 2.59 bits per heavy atom. The van der Waals surface area contributed by atoms with Gasteiger partial charge in [0.15, 0.2) is 0 Å². The molecule has 0 unspecified atom stereocenters. The third-order valence-corrected chi connectivity index (χ3v) is 4.94. The number of nitrogens with zero attached hydrogens (tertiary/aromatic N) is 2. The van der Waals surface area contributed by atoms with E-state index in [4.69, 9.17) is 0 Å². The largest absolute Gasteiger partial charge is 0.396 e. The van der Waals surface area contributed by atoms with Gasteiger partial charge in [-0.25, -0.2) is 0 Å². The van der Waals surface area contributed by atoms with Crippen LogP contribution in [0.2, 0.25) is 0 Å². The van der Waals surface area contributed by atoms with Crippen molar-refractivity contribution in [2.75, 3.05) is 32.1 Å². The zero-order valence-electron chi connectivity index (χ0n) is 13.3. The summed E-state index contributed by atoms with van der Waals surface area (Å²) in [4.78, 5) is 13.1. The summed E-state index contributed by atoms with van der Waals surface area (Å²) in [5, 5.41) is 23.5. The lowest BCUT2D eigenvalue weighted by atomic mass is 9.77. The Morgan fingerprint density at radius 1 is 1.41 bits per heavy atom. The summed E-state index contributed by atoms with van der Waals surface area (Å²) < 4.78 is 0. The monoisotopic (exact) mass is 307 g/mol. The Kier molecular flexibility index (Phi) is 5.37. The van der Waals surface area contributed by atoms with Crippen molar-refractivity contribution in [1.29, 1.82) is 0 Å². The Balaban J connectivity index is 2.03. The van der Waals surface area contributed by atoms with Crippen LogP contribution in [0.1, 0.15) is 31.7 Å². The lowest BCUT2D eigenvalue weighted by molar-refractivity contribution is -0.384. The molecule has 1 aromatic rings. The fourth-order valence-electron chi connectivity index (χ4n) is 3.11. The predicted octanol–water partition coefficient (Wildman–Crippen LogP) is 2.62. The molecule has 0 radical (unpaired) electrons. The summed E-state index contributed by atoms with van der Waals surface area (Å²) in [7, 11) is 1.69. The second-order valence-corrected chi connectivity index (χ2v) is 6.15. The fourth-order valence-corrected chi connectivity index (χ4v) is 3.11. The number of hydrogen-bond acceptors (Lipinski definition) is 5. The van der Waals surface area contributed by atoms with Crippen LogP contribution in [-0.4, -0.2) is 41.7 Å². The van der Waals surface area contributed by atoms with Crippen LogP contribution in [0, 0.1) is 15.5 Å². The molecule has 6 nitrogen and oxygen atoms in total. The molecular formula is C16H25N3O3. The average Bonchev–Trinajstić information content (AvgIpc) is 2.55. The first kappa shape index (κ1) is 16.7. The minimum Gasteiger partial charge on any atom is -0.396 e. The molecule has 2 rings (SSSR count). The van der Waals surface area contributed by atoms with Crippen molar-refractivity contribution >= 4 is 11.4 Å². The van der Waals surface area contributed by atoms with Crippen molar-refractivity contribution in [1.82, 2.24) is 4.90 Å². The van der Waals surface area contributed by atoms with E-state index in [0.717, 1.165) is 44.5 Å². The van der Waals surface area contributed by atoms with Crippen LogP contribution in [-0.2, 0) is 6.54 Å². The van der Waals surface area contributed by atoms with Crippen molar-refractivity contribution in [2.24, 2.45) is 5.41 Å². The van der Waals surface area contributed by atoms with Crippen LogP contribution in [0.15, 0.2) is 18.2 Å². The topological polar surface area (TPSA) is 78.6 Å². The lowest BCUT2D eigenvalue weighted by Crippen LogP contribution is -2.41. The van der Waals surface area contributed by atoms with Crippen LogP contribution in [0.25, 0.3) is 0 Å². The number of aliphatic hydroxyl groups excluding tert-OH is 1. The van der Waals surface area contributed by atoms with Gasteiger partial charge in [-0.3, -0.25) is 15.0 Å². The van der Waals surface area contributed by atoms with E-state index >= 15 is 0 Å². The number of benzene rings is 1. The minimum atomic E-state index is -0.348. The molecule has 1 aliphatic heterocycles. The normalized spacial score (nSPS) is 18.1. The molecule has 6 heteroatoms. The molecule has 2 N–H and O–H groups in total. The zero-order chi connectivity index (χ0) is 16.2. The van der Waals surface area contributed by atoms with Gasteiger partial charge in [-0.2, -0.15) is 0 Å². The smallest absolute Gasteiger partial charge is 0.292 e. The highest BCUT2D eigenvalue weighted by molar-refractivity contribution is 5.62. The third-order valence-electron chi connectivity index (χ3n) is 4.94. The van der Waals surface area contributed by atoms with Crippen LogP contribution in [0.5, 0.6) is 0 Å². The summed E-state index contributed by atoms with van der Waals surface area (Å²) in [6.07, 6.45) is 2.97. The molecule has 0 aromatic heterocycles. The number of piperidine rings is 1. The average molecular weight is 307 g/mol. The molecule has 0 spiro atoms. The van der Waals surface area contributed by atoms with Crippen LogP contribution in [0.4, 0.5) is 11.4 Å². The maximum atomic E-state index is 11.1. The number of hydrogen-bond donors (Lipinski definition) is 2. The molecule has 1 saturated heterocycles. The summed E-state index contributed by atoms with van der Waals surface area (Å²) >= 11 is 0. The van der Waals surface area contributed by atoms with Crippen LogP contribution < -0.4 is 5.32 Å². The second kappa shape index (κ2) is 7.07. The van der Waals surface area contributed by atoms with E-state index in [-0.39, 0.29) is 22.6 Å². The van der Waals surface area contributed by atoms with Crippen molar-refractivity contribution in [2.45, 2.75) is 32.7 Å². The van der Waals surface area contributed by atoms with Crippen LogP contribution in [0.3, 0.4) is 0 Å². The summed E-state index contributed by atoms with van der Waals surface area (Å²) in [5.74, 6) is 0. The summed E-state index contributed by atoms with van der Waals surface area (Å²) in [6, 6.07) is 5.35. The first-order chi connectivity index (χ1) is 10.5. The van der Waals surface area contributed by atoms with Crippen molar-refractivity contribution in [3.8, 4) is 0 Å². The van der Waals surface area contributed by atoms with Gasteiger partial charge in [0.1, 0.15) is 5.69 Å². The Labute approximate surface area is 131 Å². The number of nitro benzene ring substituents is 1. The fraction of sp³-hybridized carbons (Fsp3) is 0.625. The molecule has 22 heavy (non-hydrogen) atoms. The van der Waals surface area contributed by atoms with E-state index in [1.54, 1.807) is 19.2 Å². The van der Waals surface area contributed by atoms with E-state index in [0.29, 0.717) is 5.69 Å². The molecule has 0 aliphatic carbocycles. The summed E-state index contributed by atoms with van der Waals surface area (Å²) in [5.41, 5.74) is 1.69. The molecule has 1 heterocycles. The molecule has 0 saturated carbocycles. The highest BCUT2D eigenvalue weighted by Crippen LogP contribution is 2.35. The Morgan fingerprint density at radius 2 is 2.09 bits per heavy atom. The number of aliphatic hydroxyl groups is 1. The summed E-state index contributed by atoms with van der Waals surface area (Å²) in [6.45, 7) is 4.95. The zero-order valence-corrected chi connectivity index (χ0v) is 13.3. The van der Waals surface area contributed by atoms with Crippen molar-refractivity contribution < 1.29 is 10.0 Å². The standard InChI is InChI=1S/C16H25N3O3/c1-3-16(12-20)6-8-18(9-7-16)11-13-4-5-14(17-2)15(10-13)19(21)22/h4-5,10,17,20H,3,6-9,11-12H2,1-2H3. The number of nitrogens with one attached hydrogen (secondary N) is 1. The van der Waals surface area contributed by atoms with Crippen molar-refractivity contribution in [3.05, 3.63) is 33.9 Å². The SMILES string of the molecule is CCC1(CO)CCN(Cc2ccc(NC)c([N+](=O)[O-])c2)CC1. The minimum absolute atomic E-state index is 0.0679. The van der Waals surface area contributed by atoms with E-state index in [1.165, 1.54) is 0 Å². The molecule has 0 amide bonds. The van der Waals surface area contributed by atoms with Crippen molar-refractivity contribution in [3.63, 3.8) is 0 Å². The number of anilines is 1. The highest BCUT2D eigenvalue weighted by Gasteiger charge is 2.32. The van der Waals surface area contributed by atoms with E-state index in [9.17, 15) is 15.2 Å². The quantitative estimate of drug-likeness (QED) is 0.624. The van der Waals surface area contributed by atoms with Gasteiger partial charge in [0.05, 0.1) is 4.92 Å². The second-order valence-electron chi connectivity index (χ2n) is 6.15. The first-order valence-electron chi connectivity index (χ1n) is 7.82. The molecule has 0 bridgehead atoms. The lowest BCUT2D eigenvalue weighted by Gasteiger charge is -2.40. The predicted molar refractivity (Wildman–Crippen MR) is 87.0 cm³/mol. The molecular weight excluding hydrogens is 282 g/mol. The van der Waals surface area contributed by atoms with Gasteiger partial charge in [0.25, 0.3) is 5.69 Å². The molecule has 1 aromatic carbocycles. The van der Waals surface area contributed by atoms with Crippen LogP contribution >= 0.6 is 0 Å². The van der Waals surface area contributed by atoms with E-state index < -0.39 is 0 Å². The van der Waals surface area contributed by atoms with Gasteiger partial charge >= 0.3 is 0 Å². The number of likely N-dealkylation sites (tertiary alicyclic amines) is 1. The van der Waals surface area contributed by atoms with Gasteiger partial charge in [-0.15, -0.1) is 0 Å². The Hall–Kier alpha value is -1.66. The molecule has 1 aliphatic rings. The van der Waals surface area contributed by atoms with Gasteiger partial charge in [-0.1, -0.05) is 13.0 Å². The maximum Gasteiger partial charge on any atom is 0.292 e. The van der Waals surface area contributed by atoms with E-state index in [1.807, 2.05) is 6.07 Å². The number of nitro groups is 1. The van der Waals surface area contributed by atoms with E-state index in [2.05, 4.69) is 17.1 Å². The van der Waals surface area contributed by atoms with Gasteiger partial charge < -0.3 is 10.4 Å². The molecule has 1 fully saturated rings. The van der Waals surface area contributed by atoms with Gasteiger partial charge in [0.2, 0.25) is 0 Å². The maximum absolute atomic E-state index is 11.1. The highest BCUT2D eigenvalue weighted by atomic mass is 16.6. The first-order valence-corrected chi connectivity index (χ1v) is 7.82. The van der Waals surface area contributed by atoms with Gasteiger partial charge in [0, 0.05) is 26.3 Å².